The fourth-order valence-electron chi connectivity index (χ4n) is 4.13. The lowest BCUT2D eigenvalue weighted by atomic mass is 9.86. The van der Waals surface area contributed by atoms with Crippen molar-refractivity contribution in [1.29, 1.82) is 0 Å². The van der Waals surface area contributed by atoms with E-state index in [2.05, 4.69) is 20.3 Å². The predicted molar refractivity (Wildman–Crippen MR) is 119 cm³/mol. The van der Waals surface area contributed by atoms with E-state index in [4.69, 9.17) is 9.47 Å². The minimum absolute atomic E-state index is 0.0251. The Kier molecular flexibility index (Phi) is 6.58. The number of aromatic nitrogens is 3. The van der Waals surface area contributed by atoms with Gasteiger partial charge in [-0.25, -0.2) is 19.3 Å². The number of halogens is 1. The summed E-state index contributed by atoms with van der Waals surface area (Å²) < 4.78 is 24.9. The van der Waals surface area contributed by atoms with Gasteiger partial charge in [0.2, 0.25) is 11.8 Å². The molecule has 0 aliphatic heterocycles. The molecular weight excluding hydrogens is 411 g/mol. The number of benzene rings is 1. The van der Waals surface area contributed by atoms with Crippen molar-refractivity contribution in [3.05, 3.63) is 54.6 Å². The summed E-state index contributed by atoms with van der Waals surface area (Å²) in [6, 6.07) is 11.2. The van der Waals surface area contributed by atoms with Crippen LogP contribution in [0.4, 0.5) is 10.3 Å². The molecule has 1 aliphatic rings. The monoisotopic (exact) mass is 436 g/mol. The minimum atomic E-state index is -0.512. The highest BCUT2D eigenvalue weighted by Gasteiger charge is 2.28. The van der Waals surface area contributed by atoms with Gasteiger partial charge in [0.1, 0.15) is 5.69 Å². The zero-order valence-corrected chi connectivity index (χ0v) is 18.0. The maximum atomic E-state index is 14.7. The van der Waals surface area contributed by atoms with Crippen molar-refractivity contribution in [2.24, 2.45) is 5.92 Å². The molecule has 2 aromatic heterocycles. The molecule has 1 saturated carbocycles. The number of nitrogens with one attached hydrogen (secondary N) is 1. The van der Waals surface area contributed by atoms with Gasteiger partial charge in [0, 0.05) is 23.4 Å². The normalized spacial score (nSPS) is 18.1. The third kappa shape index (κ3) is 4.69. The Morgan fingerprint density at radius 3 is 2.78 bits per heavy atom. The number of anilines is 1. The summed E-state index contributed by atoms with van der Waals surface area (Å²) in [7, 11) is 2.97. The van der Waals surface area contributed by atoms with Gasteiger partial charge in [0.05, 0.1) is 26.3 Å². The highest BCUT2D eigenvalue weighted by molar-refractivity contribution is 5.74. The van der Waals surface area contributed by atoms with E-state index in [0.717, 1.165) is 30.4 Å². The number of nitrogens with zero attached hydrogens (tertiary/aromatic N) is 3. The van der Waals surface area contributed by atoms with Crippen LogP contribution in [0.2, 0.25) is 0 Å². The van der Waals surface area contributed by atoms with Gasteiger partial charge >= 0.3 is 5.97 Å². The highest BCUT2D eigenvalue weighted by Crippen LogP contribution is 2.32. The SMILES string of the molecule is COC(=O)C1CCCC(Nc2ncc(F)c(-c3cccc(-c4cccnc4OC)c3)n2)C1. The van der Waals surface area contributed by atoms with E-state index in [1.807, 2.05) is 30.3 Å². The lowest BCUT2D eigenvalue weighted by Gasteiger charge is -2.28. The molecule has 0 amide bonds. The lowest BCUT2D eigenvalue weighted by molar-refractivity contribution is -0.146. The second-order valence-electron chi connectivity index (χ2n) is 7.76. The molecule has 2 unspecified atom stereocenters. The lowest BCUT2D eigenvalue weighted by Crippen LogP contribution is -2.32. The van der Waals surface area contributed by atoms with Crippen molar-refractivity contribution in [3.63, 3.8) is 0 Å². The Balaban J connectivity index is 1.59. The van der Waals surface area contributed by atoms with Crippen LogP contribution in [0.3, 0.4) is 0 Å². The molecule has 0 spiro atoms. The average Bonchev–Trinajstić information content (AvgIpc) is 2.85. The highest BCUT2D eigenvalue weighted by atomic mass is 19.1. The van der Waals surface area contributed by atoms with Crippen molar-refractivity contribution < 1.29 is 18.7 Å². The largest absolute Gasteiger partial charge is 0.481 e. The molecule has 2 heterocycles. The van der Waals surface area contributed by atoms with Crippen LogP contribution in [0.15, 0.2) is 48.8 Å². The standard InChI is InChI=1S/C24H25FN4O3/c1-31-22-19(10-5-11-26-22)15-6-3-7-16(12-15)21-20(25)14-27-24(29-21)28-18-9-4-8-17(13-18)23(30)32-2/h3,5-7,10-12,14,17-18H,4,8-9,13H2,1-2H3,(H,27,28,29). The van der Waals surface area contributed by atoms with E-state index < -0.39 is 5.82 Å². The molecular formula is C24H25FN4O3. The predicted octanol–water partition coefficient (Wildman–Crippen LogP) is 4.50. The molecule has 1 aromatic carbocycles. The number of carbonyl (C=O) groups excluding carboxylic acids is 1. The zero-order chi connectivity index (χ0) is 22.5. The third-order valence-corrected chi connectivity index (χ3v) is 5.70. The van der Waals surface area contributed by atoms with Crippen LogP contribution >= 0.6 is 0 Å². The van der Waals surface area contributed by atoms with Gasteiger partial charge in [-0.2, -0.15) is 0 Å². The number of hydrogen-bond acceptors (Lipinski definition) is 7. The Hall–Kier alpha value is -3.55. The van der Waals surface area contributed by atoms with E-state index >= 15 is 0 Å². The number of methoxy groups -OCH3 is 2. The summed E-state index contributed by atoms with van der Waals surface area (Å²) in [5, 5.41) is 3.27. The first-order valence-electron chi connectivity index (χ1n) is 10.6. The topological polar surface area (TPSA) is 86.2 Å². The summed E-state index contributed by atoms with van der Waals surface area (Å²) in [4.78, 5) is 24.7. The molecule has 0 saturated heterocycles. The summed E-state index contributed by atoms with van der Waals surface area (Å²) >= 11 is 0. The van der Waals surface area contributed by atoms with Gasteiger partial charge in [-0.05, 0) is 43.0 Å². The summed E-state index contributed by atoms with van der Waals surface area (Å²) in [6.45, 7) is 0. The third-order valence-electron chi connectivity index (χ3n) is 5.70. The quantitative estimate of drug-likeness (QED) is 0.570. The second kappa shape index (κ2) is 9.72. The molecule has 1 N–H and O–H groups in total. The average molecular weight is 436 g/mol. The van der Waals surface area contributed by atoms with Crippen LogP contribution < -0.4 is 10.1 Å². The van der Waals surface area contributed by atoms with E-state index in [1.54, 1.807) is 19.4 Å². The molecule has 166 valence electrons. The van der Waals surface area contributed by atoms with Crippen LogP contribution in [-0.2, 0) is 9.53 Å². The molecule has 8 heteroatoms. The molecule has 32 heavy (non-hydrogen) atoms. The maximum absolute atomic E-state index is 14.7. The molecule has 3 aromatic rings. The van der Waals surface area contributed by atoms with Gasteiger partial charge in [-0.3, -0.25) is 4.79 Å². The van der Waals surface area contributed by atoms with Crippen molar-refractivity contribution in [1.82, 2.24) is 15.0 Å². The van der Waals surface area contributed by atoms with Crippen LogP contribution in [0.5, 0.6) is 5.88 Å². The number of carbonyl (C=O) groups is 1. The maximum Gasteiger partial charge on any atom is 0.308 e. The number of ether oxygens (including phenoxy) is 2. The molecule has 4 rings (SSSR count). The fourth-order valence-corrected chi connectivity index (χ4v) is 4.13. The Bertz CT molecular complexity index is 1110. The van der Waals surface area contributed by atoms with Crippen molar-refractivity contribution in [3.8, 4) is 28.3 Å². The van der Waals surface area contributed by atoms with Gasteiger partial charge < -0.3 is 14.8 Å². The number of rotatable bonds is 6. The smallest absolute Gasteiger partial charge is 0.308 e. The fraction of sp³-hybridized carbons (Fsp3) is 0.333. The van der Waals surface area contributed by atoms with Crippen LogP contribution in [-0.4, -0.2) is 41.2 Å². The van der Waals surface area contributed by atoms with Crippen molar-refractivity contribution in [2.45, 2.75) is 31.7 Å². The number of pyridine rings is 1. The van der Waals surface area contributed by atoms with E-state index in [-0.39, 0.29) is 23.6 Å². The van der Waals surface area contributed by atoms with E-state index in [9.17, 15) is 9.18 Å². The van der Waals surface area contributed by atoms with Gasteiger partial charge in [-0.1, -0.05) is 24.6 Å². The molecule has 0 bridgehead atoms. The van der Waals surface area contributed by atoms with Crippen molar-refractivity contribution >= 4 is 11.9 Å². The van der Waals surface area contributed by atoms with Gasteiger partial charge in [-0.15, -0.1) is 0 Å². The zero-order valence-electron chi connectivity index (χ0n) is 18.0. The molecule has 2 atom stereocenters. The van der Waals surface area contributed by atoms with Gasteiger partial charge in [0.15, 0.2) is 5.82 Å². The van der Waals surface area contributed by atoms with Crippen molar-refractivity contribution in [2.75, 3.05) is 19.5 Å². The molecule has 0 radical (unpaired) electrons. The number of hydrogen-bond donors (Lipinski definition) is 1. The van der Waals surface area contributed by atoms with E-state index in [1.165, 1.54) is 13.3 Å². The Labute approximate surface area is 186 Å². The van der Waals surface area contributed by atoms with Crippen LogP contribution in [0, 0.1) is 11.7 Å². The first-order chi connectivity index (χ1) is 15.6. The first kappa shape index (κ1) is 21.7. The first-order valence-corrected chi connectivity index (χ1v) is 10.6. The Morgan fingerprint density at radius 1 is 1.12 bits per heavy atom. The summed E-state index contributed by atoms with van der Waals surface area (Å²) in [5.41, 5.74) is 2.47. The van der Waals surface area contributed by atoms with E-state index in [0.29, 0.717) is 23.8 Å². The Morgan fingerprint density at radius 2 is 1.97 bits per heavy atom. The molecule has 1 aliphatic carbocycles. The minimum Gasteiger partial charge on any atom is -0.481 e. The summed E-state index contributed by atoms with van der Waals surface area (Å²) in [6.07, 6.45) is 6.07. The number of esters is 1. The second-order valence-corrected chi connectivity index (χ2v) is 7.76. The van der Waals surface area contributed by atoms with Crippen LogP contribution in [0.25, 0.3) is 22.4 Å². The molecule has 1 fully saturated rings. The van der Waals surface area contributed by atoms with Gasteiger partial charge in [0.25, 0.3) is 0 Å². The molecule has 7 nitrogen and oxygen atoms in total. The summed E-state index contributed by atoms with van der Waals surface area (Å²) in [5.74, 6) is -0.0204. The van der Waals surface area contributed by atoms with Crippen LogP contribution in [0.1, 0.15) is 25.7 Å².